The first-order chi connectivity index (χ1) is 8.69. The van der Waals surface area contributed by atoms with E-state index in [0.29, 0.717) is 11.6 Å². The van der Waals surface area contributed by atoms with Gasteiger partial charge in [-0.3, -0.25) is 0 Å². The highest BCUT2D eigenvalue weighted by Gasteiger charge is 2.07. The molecule has 6 heteroatoms. The number of hydrogen-bond donors (Lipinski definition) is 2. The number of aromatic nitrogens is 2. The van der Waals surface area contributed by atoms with E-state index in [1.807, 2.05) is 0 Å². The van der Waals surface area contributed by atoms with E-state index in [4.69, 9.17) is 14.6 Å². The van der Waals surface area contributed by atoms with E-state index in [1.165, 1.54) is 6.20 Å². The number of carbonyl (C=O) groups is 1. The van der Waals surface area contributed by atoms with Crippen LogP contribution < -0.4 is 9.47 Å². The molecule has 0 fully saturated rings. The molecule has 0 radical (unpaired) electrons. The van der Waals surface area contributed by atoms with Crippen LogP contribution in [-0.4, -0.2) is 28.2 Å². The summed E-state index contributed by atoms with van der Waals surface area (Å²) in [5.41, 5.74) is 0.0448. The molecule has 0 saturated heterocycles. The third kappa shape index (κ3) is 2.79. The van der Waals surface area contributed by atoms with Crippen molar-refractivity contribution in [3.63, 3.8) is 0 Å². The Labute approximate surface area is 103 Å². The van der Waals surface area contributed by atoms with Gasteiger partial charge in [0.25, 0.3) is 0 Å². The summed E-state index contributed by atoms with van der Waals surface area (Å²) in [7, 11) is 1.59. The van der Waals surface area contributed by atoms with Crippen LogP contribution in [0.5, 0.6) is 11.5 Å². The number of hydrogen-bond acceptors (Lipinski definition) is 4. The molecular formula is C12H12N2O4. The molecule has 2 N–H and O–H groups in total. The van der Waals surface area contributed by atoms with Gasteiger partial charge in [-0.15, -0.1) is 0 Å². The number of aromatic amines is 1. The summed E-state index contributed by atoms with van der Waals surface area (Å²) in [5, 5.41) is 8.72. The molecule has 0 bridgehead atoms. The first-order valence-electron chi connectivity index (χ1n) is 5.23. The number of benzene rings is 1. The van der Waals surface area contributed by atoms with Gasteiger partial charge in [-0.05, 0) is 24.3 Å². The number of ether oxygens (including phenoxy) is 2. The lowest BCUT2D eigenvalue weighted by atomic mass is 10.3. The Bertz CT molecular complexity index is 533. The Morgan fingerprint density at radius 2 is 2.00 bits per heavy atom. The number of H-pyrrole nitrogens is 1. The van der Waals surface area contributed by atoms with Crippen LogP contribution in [-0.2, 0) is 6.61 Å². The predicted octanol–water partition coefficient (Wildman–Crippen LogP) is 1.70. The van der Waals surface area contributed by atoms with Crippen LogP contribution in [0.2, 0.25) is 0 Å². The normalized spacial score (nSPS) is 10.1. The minimum Gasteiger partial charge on any atom is -0.497 e. The van der Waals surface area contributed by atoms with Gasteiger partial charge in [-0.2, -0.15) is 0 Å². The van der Waals surface area contributed by atoms with Crippen molar-refractivity contribution in [3.8, 4) is 11.5 Å². The molecule has 2 aromatic rings. The van der Waals surface area contributed by atoms with Crippen molar-refractivity contribution in [1.29, 1.82) is 0 Å². The Kier molecular flexibility index (Phi) is 3.47. The van der Waals surface area contributed by atoms with E-state index < -0.39 is 5.97 Å². The highest BCUT2D eigenvalue weighted by molar-refractivity contribution is 5.84. The van der Waals surface area contributed by atoms with Crippen molar-refractivity contribution in [3.05, 3.63) is 42.0 Å². The zero-order chi connectivity index (χ0) is 13.0. The minimum atomic E-state index is -1.04. The molecule has 6 nitrogen and oxygen atoms in total. The lowest BCUT2D eigenvalue weighted by Crippen LogP contribution is -2.00. The van der Waals surface area contributed by atoms with Gasteiger partial charge in [-0.25, -0.2) is 9.78 Å². The summed E-state index contributed by atoms with van der Waals surface area (Å²) >= 11 is 0. The Hall–Kier alpha value is -2.50. The van der Waals surface area contributed by atoms with Crippen LogP contribution in [0.1, 0.15) is 16.3 Å². The molecule has 0 atom stereocenters. The summed E-state index contributed by atoms with van der Waals surface area (Å²) in [5.74, 6) is 0.819. The average Bonchev–Trinajstić information content (AvgIpc) is 2.86. The van der Waals surface area contributed by atoms with Gasteiger partial charge in [0.05, 0.1) is 13.3 Å². The quantitative estimate of drug-likeness (QED) is 0.841. The summed E-state index contributed by atoms with van der Waals surface area (Å²) in [6, 6.07) is 7.08. The fraction of sp³-hybridized carbons (Fsp3) is 0.167. The Morgan fingerprint density at radius 3 is 2.56 bits per heavy atom. The first kappa shape index (κ1) is 12.0. The van der Waals surface area contributed by atoms with Crippen molar-refractivity contribution >= 4 is 5.97 Å². The SMILES string of the molecule is COc1ccc(OCc2ncc(C(=O)O)[nH]2)cc1. The van der Waals surface area contributed by atoms with E-state index in [1.54, 1.807) is 31.4 Å². The molecule has 1 aromatic carbocycles. The van der Waals surface area contributed by atoms with Gasteiger partial charge in [0, 0.05) is 0 Å². The summed E-state index contributed by atoms with van der Waals surface area (Å²) < 4.78 is 10.5. The highest BCUT2D eigenvalue weighted by Crippen LogP contribution is 2.17. The monoisotopic (exact) mass is 248 g/mol. The fourth-order valence-corrected chi connectivity index (χ4v) is 1.37. The maximum Gasteiger partial charge on any atom is 0.353 e. The third-order valence-corrected chi connectivity index (χ3v) is 2.29. The second kappa shape index (κ2) is 5.22. The average molecular weight is 248 g/mol. The maximum absolute atomic E-state index is 10.6. The van der Waals surface area contributed by atoms with Gasteiger partial charge in [0.1, 0.15) is 29.6 Å². The van der Waals surface area contributed by atoms with Gasteiger partial charge in [0.2, 0.25) is 0 Å². The van der Waals surface area contributed by atoms with Crippen molar-refractivity contribution in [2.24, 2.45) is 0 Å². The van der Waals surface area contributed by atoms with Crippen molar-refractivity contribution in [2.45, 2.75) is 6.61 Å². The van der Waals surface area contributed by atoms with Crippen molar-refractivity contribution in [2.75, 3.05) is 7.11 Å². The topological polar surface area (TPSA) is 84.4 Å². The third-order valence-electron chi connectivity index (χ3n) is 2.29. The number of rotatable bonds is 5. The van der Waals surface area contributed by atoms with Crippen LogP contribution in [0.4, 0.5) is 0 Å². The number of imidazole rings is 1. The van der Waals surface area contributed by atoms with Gasteiger partial charge in [-0.1, -0.05) is 0 Å². The van der Waals surface area contributed by atoms with Crippen LogP contribution in [0.15, 0.2) is 30.5 Å². The second-order valence-corrected chi connectivity index (χ2v) is 3.51. The molecule has 0 amide bonds. The van der Waals surface area contributed by atoms with Crippen LogP contribution in [0, 0.1) is 0 Å². The van der Waals surface area contributed by atoms with Crippen molar-refractivity contribution < 1.29 is 19.4 Å². The molecule has 0 aliphatic carbocycles. The number of carboxylic acid groups (broad SMARTS) is 1. The van der Waals surface area contributed by atoms with Gasteiger partial charge < -0.3 is 19.6 Å². The Morgan fingerprint density at radius 1 is 1.33 bits per heavy atom. The number of methoxy groups -OCH3 is 1. The largest absolute Gasteiger partial charge is 0.497 e. The van der Waals surface area contributed by atoms with Crippen LogP contribution >= 0.6 is 0 Å². The number of carboxylic acids is 1. The molecule has 18 heavy (non-hydrogen) atoms. The molecule has 2 rings (SSSR count). The molecule has 0 spiro atoms. The summed E-state index contributed by atoms with van der Waals surface area (Å²) in [6.07, 6.45) is 1.26. The molecule has 0 aliphatic rings. The standard InChI is InChI=1S/C12H12N2O4/c1-17-8-2-4-9(5-3-8)18-7-11-13-6-10(14-11)12(15)16/h2-6H,7H2,1H3,(H,13,14)(H,15,16). The zero-order valence-electron chi connectivity index (χ0n) is 9.71. The van der Waals surface area contributed by atoms with E-state index >= 15 is 0 Å². The van der Waals surface area contributed by atoms with Gasteiger partial charge in [0.15, 0.2) is 0 Å². The molecule has 1 aromatic heterocycles. The molecule has 94 valence electrons. The number of nitrogens with one attached hydrogen (secondary N) is 1. The van der Waals surface area contributed by atoms with E-state index in [2.05, 4.69) is 9.97 Å². The first-order valence-corrected chi connectivity index (χ1v) is 5.23. The minimum absolute atomic E-state index is 0.0448. The summed E-state index contributed by atoms with van der Waals surface area (Å²) in [4.78, 5) is 17.2. The molecule has 1 heterocycles. The van der Waals surface area contributed by atoms with Crippen molar-refractivity contribution in [1.82, 2.24) is 9.97 Å². The van der Waals surface area contributed by atoms with Gasteiger partial charge >= 0.3 is 5.97 Å². The molecule has 0 saturated carbocycles. The highest BCUT2D eigenvalue weighted by atomic mass is 16.5. The lowest BCUT2D eigenvalue weighted by Gasteiger charge is -2.05. The molecular weight excluding hydrogens is 236 g/mol. The zero-order valence-corrected chi connectivity index (χ0v) is 9.71. The number of aromatic carboxylic acids is 1. The Balaban J connectivity index is 1.95. The van der Waals surface area contributed by atoms with E-state index in [0.717, 1.165) is 5.75 Å². The van der Waals surface area contributed by atoms with E-state index in [9.17, 15) is 4.79 Å². The molecule has 0 aliphatic heterocycles. The fourth-order valence-electron chi connectivity index (χ4n) is 1.37. The smallest absolute Gasteiger partial charge is 0.353 e. The predicted molar refractivity (Wildman–Crippen MR) is 62.9 cm³/mol. The number of nitrogens with zero attached hydrogens (tertiary/aromatic N) is 1. The maximum atomic E-state index is 10.6. The summed E-state index contributed by atoms with van der Waals surface area (Å²) in [6.45, 7) is 0.180. The second-order valence-electron chi connectivity index (χ2n) is 3.51. The van der Waals surface area contributed by atoms with E-state index in [-0.39, 0.29) is 12.3 Å². The van der Waals surface area contributed by atoms with Crippen LogP contribution in [0.25, 0.3) is 0 Å². The lowest BCUT2D eigenvalue weighted by molar-refractivity contribution is 0.0691. The molecule has 0 unspecified atom stereocenters. The van der Waals surface area contributed by atoms with Crippen LogP contribution in [0.3, 0.4) is 0 Å².